The van der Waals surface area contributed by atoms with E-state index in [2.05, 4.69) is 4.98 Å². The highest BCUT2D eigenvalue weighted by Crippen LogP contribution is 2.23. The number of rotatable bonds is 0. The Balaban J connectivity index is 2.15. The molecule has 5 heteroatoms. The van der Waals surface area contributed by atoms with E-state index in [4.69, 9.17) is 4.74 Å². The number of ether oxygens (including phenoxy) is 1. The largest absolute Gasteiger partial charge is 0.444 e. The van der Waals surface area contributed by atoms with Gasteiger partial charge in [0.1, 0.15) is 5.60 Å². The molecule has 0 bridgehead atoms. The van der Waals surface area contributed by atoms with Gasteiger partial charge in [-0.15, -0.1) is 0 Å². The molecular formula is C13H21N3O2. The van der Waals surface area contributed by atoms with Gasteiger partial charge in [-0.2, -0.15) is 0 Å². The van der Waals surface area contributed by atoms with Gasteiger partial charge in [0.05, 0.1) is 18.6 Å². The van der Waals surface area contributed by atoms with E-state index in [1.54, 1.807) is 11.2 Å². The monoisotopic (exact) mass is 251 g/mol. The molecule has 1 unspecified atom stereocenters. The molecule has 1 aromatic rings. The fourth-order valence-corrected chi connectivity index (χ4v) is 2.17. The molecule has 0 spiro atoms. The van der Waals surface area contributed by atoms with Crippen molar-refractivity contribution >= 4 is 6.09 Å². The van der Waals surface area contributed by atoms with Crippen LogP contribution >= 0.6 is 0 Å². The van der Waals surface area contributed by atoms with Gasteiger partial charge in [0.15, 0.2) is 0 Å². The minimum Gasteiger partial charge on any atom is -0.444 e. The average molecular weight is 251 g/mol. The summed E-state index contributed by atoms with van der Waals surface area (Å²) in [6, 6.07) is 0.141. The Morgan fingerprint density at radius 3 is 2.78 bits per heavy atom. The number of hydrogen-bond donors (Lipinski definition) is 0. The van der Waals surface area contributed by atoms with Crippen molar-refractivity contribution in [2.75, 3.05) is 0 Å². The van der Waals surface area contributed by atoms with Crippen molar-refractivity contribution < 1.29 is 9.53 Å². The summed E-state index contributed by atoms with van der Waals surface area (Å²) in [5.74, 6) is 0. The third-order valence-corrected chi connectivity index (χ3v) is 3.11. The SMILES string of the molecule is CC1Cc2c(ncn2C)CN1C(=O)OC(C)(C)C. The van der Waals surface area contributed by atoms with Crippen LogP contribution in [0, 0.1) is 0 Å². The fourth-order valence-electron chi connectivity index (χ4n) is 2.17. The van der Waals surface area contributed by atoms with Gasteiger partial charge < -0.3 is 9.30 Å². The van der Waals surface area contributed by atoms with Gasteiger partial charge in [0.25, 0.3) is 0 Å². The highest BCUT2D eigenvalue weighted by atomic mass is 16.6. The normalized spacial score (nSPS) is 19.6. The predicted octanol–water partition coefficient (Wildman–Crippen LogP) is 2.10. The summed E-state index contributed by atoms with van der Waals surface area (Å²) in [7, 11) is 1.99. The summed E-state index contributed by atoms with van der Waals surface area (Å²) in [5, 5.41) is 0. The number of nitrogens with zero attached hydrogens (tertiary/aromatic N) is 3. The highest BCUT2D eigenvalue weighted by Gasteiger charge is 2.32. The van der Waals surface area contributed by atoms with E-state index in [9.17, 15) is 4.79 Å². The first-order valence-electron chi connectivity index (χ1n) is 6.26. The maximum Gasteiger partial charge on any atom is 0.410 e. The second-order valence-corrected chi connectivity index (χ2v) is 5.91. The predicted molar refractivity (Wildman–Crippen MR) is 68.2 cm³/mol. The average Bonchev–Trinajstić information content (AvgIpc) is 2.56. The lowest BCUT2D eigenvalue weighted by Gasteiger charge is -2.34. The number of carbonyl (C=O) groups is 1. The van der Waals surface area contributed by atoms with Gasteiger partial charge in [-0.1, -0.05) is 0 Å². The molecule has 5 nitrogen and oxygen atoms in total. The van der Waals surface area contributed by atoms with E-state index in [1.165, 1.54) is 5.69 Å². The van der Waals surface area contributed by atoms with Crippen molar-refractivity contribution in [3.05, 3.63) is 17.7 Å². The smallest absolute Gasteiger partial charge is 0.410 e. The summed E-state index contributed by atoms with van der Waals surface area (Å²) in [4.78, 5) is 18.2. The van der Waals surface area contributed by atoms with Gasteiger partial charge >= 0.3 is 6.09 Å². The zero-order valence-corrected chi connectivity index (χ0v) is 11.7. The topological polar surface area (TPSA) is 47.4 Å². The molecule has 1 aliphatic rings. The Morgan fingerprint density at radius 1 is 1.50 bits per heavy atom. The van der Waals surface area contributed by atoms with Crippen molar-refractivity contribution in [3.63, 3.8) is 0 Å². The second-order valence-electron chi connectivity index (χ2n) is 5.91. The molecule has 18 heavy (non-hydrogen) atoms. The first-order valence-corrected chi connectivity index (χ1v) is 6.26. The van der Waals surface area contributed by atoms with Crippen molar-refractivity contribution in [3.8, 4) is 0 Å². The van der Waals surface area contributed by atoms with Crippen LogP contribution in [-0.4, -0.2) is 32.2 Å². The third kappa shape index (κ3) is 2.49. The number of hydrogen-bond acceptors (Lipinski definition) is 3. The summed E-state index contributed by atoms with van der Waals surface area (Å²) in [5.41, 5.74) is 1.73. The van der Waals surface area contributed by atoms with E-state index in [-0.39, 0.29) is 12.1 Å². The Hall–Kier alpha value is -1.52. The lowest BCUT2D eigenvalue weighted by Crippen LogP contribution is -2.45. The van der Waals surface area contributed by atoms with Gasteiger partial charge in [-0.3, -0.25) is 4.90 Å². The minimum atomic E-state index is -0.457. The van der Waals surface area contributed by atoms with E-state index in [0.29, 0.717) is 6.54 Å². The molecule has 2 heterocycles. The van der Waals surface area contributed by atoms with Gasteiger partial charge in [0.2, 0.25) is 0 Å². The number of imidazole rings is 1. The number of aromatic nitrogens is 2. The molecule has 0 N–H and O–H groups in total. The molecule has 0 saturated carbocycles. The number of aryl methyl sites for hydroxylation is 1. The van der Waals surface area contributed by atoms with Crippen LogP contribution in [0.4, 0.5) is 4.79 Å². The summed E-state index contributed by atoms with van der Waals surface area (Å²) in [6.45, 7) is 8.22. The lowest BCUT2D eigenvalue weighted by atomic mass is 10.0. The Morgan fingerprint density at radius 2 is 2.17 bits per heavy atom. The minimum absolute atomic E-state index is 0.141. The fraction of sp³-hybridized carbons (Fsp3) is 0.692. The molecule has 1 amide bonds. The third-order valence-electron chi connectivity index (χ3n) is 3.11. The molecule has 100 valence electrons. The van der Waals surface area contributed by atoms with Crippen LogP contribution in [0.3, 0.4) is 0 Å². The van der Waals surface area contributed by atoms with Crippen molar-refractivity contribution in [1.29, 1.82) is 0 Å². The lowest BCUT2D eigenvalue weighted by molar-refractivity contribution is 0.0133. The Kier molecular flexibility index (Phi) is 3.09. The van der Waals surface area contributed by atoms with Crippen LogP contribution in [-0.2, 0) is 24.8 Å². The van der Waals surface area contributed by atoms with Crippen molar-refractivity contribution in [1.82, 2.24) is 14.5 Å². The number of carbonyl (C=O) groups excluding carboxylic acids is 1. The molecule has 0 saturated heterocycles. The standard InChI is InChI=1S/C13H21N3O2/c1-9-6-11-10(14-8-15(11)5)7-16(9)12(17)18-13(2,3)4/h8-9H,6-7H2,1-5H3. The highest BCUT2D eigenvalue weighted by molar-refractivity contribution is 5.69. The van der Waals surface area contributed by atoms with E-state index >= 15 is 0 Å². The first-order chi connectivity index (χ1) is 8.28. The molecule has 0 radical (unpaired) electrons. The van der Waals surface area contributed by atoms with Crippen LogP contribution < -0.4 is 0 Å². The first kappa shape index (κ1) is 12.9. The number of fused-ring (bicyclic) bond motifs is 1. The van der Waals surface area contributed by atoms with E-state index in [1.807, 2.05) is 39.3 Å². The maximum absolute atomic E-state index is 12.1. The van der Waals surface area contributed by atoms with Crippen LogP contribution in [0.15, 0.2) is 6.33 Å². The van der Waals surface area contributed by atoms with Gasteiger partial charge in [-0.05, 0) is 27.7 Å². The molecule has 1 aliphatic heterocycles. The molecule has 1 aromatic heterocycles. The second kappa shape index (κ2) is 4.30. The summed E-state index contributed by atoms with van der Waals surface area (Å²) >= 11 is 0. The Bertz CT molecular complexity index is 459. The quantitative estimate of drug-likeness (QED) is 0.709. The molecular weight excluding hydrogens is 230 g/mol. The zero-order chi connectivity index (χ0) is 13.5. The molecule has 1 atom stereocenters. The molecule has 0 aromatic carbocycles. The zero-order valence-electron chi connectivity index (χ0n) is 11.7. The summed E-state index contributed by atoms with van der Waals surface area (Å²) < 4.78 is 7.45. The van der Waals surface area contributed by atoms with Gasteiger partial charge in [0, 0.05) is 25.2 Å². The van der Waals surface area contributed by atoms with Crippen molar-refractivity contribution in [2.45, 2.75) is 52.3 Å². The van der Waals surface area contributed by atoms with Crippen LogP contribution in [0.5, 0.6) is 0 Å². The van der Waals surface area contributed by atoms with E-state index < -0.39 is 5.60 Å². The molecule has 0 aliphatic carbocycles. The molecule has 2 rings (SSSR count). The number of amides is 1. The van der Waals surface area contributed by atoms with Gasteiger partial charge in [-0.25, -0.2) is 9.78 Å². The van der Waals surface area contributed by atoms with E-state index in [0.717, 1.165) is 12.1 Å². The van der Waals surface area contributed by atoms with Crippen LogP contribution in [0.25, 0.3) is 0 Å². The van der Waals surface area contributed by atoms with Crippen LogP contribution in [0.2, 0.25) is 0 Å². The Labute approximate surface area is 108 Å². The maximum atomic E-state index is 12.1. The van der Waals surface area contributed by atoms with Crippen LogP contribution in [0.1, 0.15) is 39.1 Å². The summed E-state index contributed by atoms with van der Waals surface area (Å²) in [6.07, 6.45) is 2.37. The van der Waals surface area contributed by atoms with Crippen molar-refractivity contribution in [2.24, 2.45) is 7.05 Å². The molecule has 0 fully saturated rings.